The van der Waals surface area contributed by atoms with Gasteiger partial charge in [-0.2, -0.15) is 0 Å². The summed E-state index contributed by atoms with van der Waals surface area (Å²) in [6, 6.07) is 10.1. The van der Waals surface area contributed by atoms with Gasteiger partial charge in [-0.05, 0) is 41.4 Å². The van der Waals surface area contributed by atoms with Gasteiger partial charge in [0.05, 0.1) is 16.3 Å². The van der Waals surface area contributed by atoms with Crippen LogP contribution >= 0.6 is 23.8 Å². The van der Waals surface area contributed by atoms with E-state index in [4.69, 9.17) is 23.8 Å². The minimum atomic E-state index is -0.919. The number of hydrogen-bond donors (Lipinski definition) is 3. The molecule has 0 aromatic heterocycles. The first-order chi connectivity index (χ1) is 15.1. The van der Waals surface area contributed by atoms with Crippen molar-refractivity contribution >= 4 is 46.4 Å². The van der Waals surface area contributed by atoms with E-state index in [1.165, 1.54) is 13.1 Å². The van der Waals surface area contributed by atoms with Crippen LogP contribution in [0.15, 0.2) is 36.4 Å². The van der Waals surface area contributed by atoms with E-state index < -0.39 is 17.1 Å². The quantitative estimate of drug-likeness (QED) is 0.574. The fraction of sp³-hybridized carbons (Fsp3) is 0.348. The third-order valence-corrected chi connectivity index (χ3v) is 6.49. The highest BCUT2D eigenvalue weighted by atomic mass is 35.5. The van der Waals surface area contributed by atoms with Gasteiger partial charge >= 0.3 is 0 Å². The topological polar surface area (TPSA) is 73.5 Å². The lowest BCUT2D eigenvalue weighted by Gasteiger charge is -2.50. The highest BCUT2D eigenvalue weighted by Gasteiger charge is 2.52. The Balaban J connectivity index is 2.05. The summed E-state index contributed by atoms with van der Waals surface area (Å²) >= 11 is 11.2. The molecule has 1 fully saturated rings. The average Bonchev–Trinajstić information content (AvgIpc) is 2.74. The molecule has 2 aromatic rings. The summed E-state index contributed by atoms with van der Waals surface area (Å²) in [6.45, 7) is 4.84. The average molecular weight is 477 g/mol. The lowest BCUT2D eigenvalue weighted by molar-refractivity contribution is -0.126. The van der Waals surface area contributed by atoms with E-state index in [2.05, 4.69) is 29.8 Å². The molecule has 2 amide bonds. The smallest absolute Gasteiger partial charge is 0.253 e. The molecule has 32 heavy (non-hydrogen) atoms. The Kier molecular flexibility index (Phi) is 7.05. The van der Waals surface area contributed by atoms with E-state index in [9.17, 15) is 14.0 Å². The van der Waals surface area contributed by atoms with Crippen molar-refractivity contribution < 1.29 is 14.0 Å². The van der Waals surface area contributed by atoms with Crippen LogP contribution in [-0.2, 0) is 10.2 Å². The largest absolute Gasteiger partial charge is 0.366 e. The number of rotatable bonds is 5. The third kappa shape index (κ3) is 4.29. The van der Waals surface area contributed by atoms with Gasteiger partial charge < -0.3 is 20.9 Å². The van der Waals surface area contributed by atoms with E-state index in [1.54, 1.807) is 7.05 Å². The molecule has 1 heterocycles. The van der Waals surface area contributed by atoms with Crippen molar-refractivity contribution in [2.45, 2.75) is 25.2 Å². The summed E-state index contributed by atoms with van der Waals surface area (Å²) in [5.41, 5.74) is 1.16. The van der Waals surface area contributed by atoms with E-state index in [0.29, 0.717) is 18.2 Å². The van der Waals surface area contributed by atoms with E-state index >= 15 is 0 Å². The molecule has 0 aliphatic carbocycles. The SMILES string of the molecule is CNC(=O)c1cc(Cl)c(F)cc1NC(=O)C1(c2ccccc2C(C)C)CN(C(=S)NC)C1. The van der Waals surface area contributed by atoms with Gasteiger partial charge in [-0.25, -0.2) is 4.39 Å². The number of likely N-dealkylation sites (tertiary alicyclic amines) is 1. The fourth-order valence-corrected chi connectivity index (χ4v) is 4.29. The first-order valence-corrected chi connectivity index (χ1v) is 11.0. The van der Waals surface area contributed by atoms with Gasteiger partial charge in [-0.1, -0.05) is 49.7 Å². The predicted octanol–water partition coefficient (Wildman–Crippen LogP) is 3.66. The second-order valence-electron chi connectivity index (χ2n) is 8.08. The number of carbonyl (C=O) groups excluding carboxylic acids is 2. The Morgan fingerprint density at radius 2 is 1.81 bits per heavy atom. The minimum Gasteiger partial charge on any atom is -0.366 e. The standard InChI is InChI=1S/C23H26ClFN4O2S/c1-13(2)14-7-5-6-8-16(14)23(11-29(12-23)22(32)27-4)21(31)28-19-10-18(25)17(24)9-15(19)20(30)26-3/h5-10,13H,11-12H2,1-4H3,(H,26,30)(H,27,32)(H,28,31). The van der Waals surface area contributed by atoms with E-state index in [0.717, 1.165) is 17.2 Å². The number of thiocarbonyl (C=S) groups is 1. The molecular weight excluding hydrogens is 451 g/mol. The molecule has 0 bridgehead atoms. The van der Waals surface area contributed by atoms with Crippen LogP contribution in [0.5, 0.6) is 0 Å². The van der Waals surface area contributed by atoms with Crippen molar-refractivity contribution in [1.82, 2.24) is 15.5 Å². The van der Waals surface area contributed by atoms with Crippen LogP contribution in [0.1, 0.15) is 41.3 Å². The molecule has 0 unspecified atom stereocenters. The van der Waals surface area contributed by atoms with Crippen molar-refractivity contribution in [3.8, 4) is 0 Å². The summed E-state index contributed by atoms with van der Waals surface area (Å²) in [4.78, 5) is 27.9. The van der Waals surface area contributed by atoms with E-state index in [1.807, 2.05) is 29.2 Å². The number of benzene rings is 2. The van der Waals surface area contributed by atoms with E-state index in [-0.39, 0.29) is 28.1 Å². The zero-order valence-electron chi connectivity index (χ0n) is 18.4. The van der Waals surface area contributed by atoms with Gasteiger partial charge in [0, 0.05) is 27.2 Å². The molecule has 0 radical (unpaired) electrons. The number of carbonyl (C=O) groups is 2. The van der Waals surface area contributed by atoms with Gasteiger partial charge in [-0.15, -0.1) is 0 Å². The lowest BCUT2D eigenvalue weighted by atomic mass is 9.69. The lowest BCUT2D eigenvalue weighted by Crippen LogP contribution is -2.67. The first kappa shape index (κ1) is 23.9. The number of halogens is 2. The van der Waals surface area contributed by atoms with Crippen molar-refractivity contribution in [3.63, 3.8) is 0 Å². The molecule has 0 atom stereocenters. The third-order valence-electron chi connectivity index (χ3n) is 5.74. The number of amides is 2. The fourth-order valence-electron chi connectivity index (χ4n) is 3.99. The van der Waals surface area contributed by atoms with Gasteiger partial charge in [-0.3, -0.25) is 9.59 Å². The second kappa shape index (κ2) is 9.42. The monoisotopic (exact) mass is 476 g/mol. The zero-order valence-corrected chi connectivity index (χ0v) is 20.0. The summed E-state index contributed by atoms with van der Waals surface area (Å²) in [7, 11) is 3.19. The zero-order chi connectivity index (χ0) is 23.6. The molecule has 0 saturated carbocycles. The van der Waals surface area contributed by atoms with Gasteiger partial charge in [0.1, 0.15) is 11.2 Å². The van der Waals surface area contributed by atoms with Crippen molar-refractivity contribution in [2.24, 2.45) is 0 Å². The summed E-state index contributed by atoms with van der Waals surface area (Å²) in [5, 5.41) is 8.56. The Hall–Kier alpha value is -2.71. The van der Waals surface area contributed by atoms with Crippen LogP contribution < -0.4 is 16.0 Å². The predicted molar refractivity (Wildman–Crippen MR) is 129 cm³/mol. The van der Waals surface area contributed by atoms with Crippen LogP contribution in [0.4, 0.5) is 10.1 Å². The molecule has 170 valence electrons. The van der Waals surface area contributed by atoms with Crippen LogP contribution in [0.25, 0.3) is 0 Å². The van der Waals surface area contributed by atoms with Gasteiger partial charge in [0.2, 0.25) is 5.91 Å². The van der Waals surface area contributed by atoms with Crippen LogP contribution in [-0.4, -0.2) is 49.0 Å². The molecule has 9 heteroatoms. The van der Waals surface area contributed by atoms with Gasteiger partial charge in [0.15, 0.2) is 5.11 Å². The Labute approximate surface area is 197 Å². The molecule has 1 aliphatic heterocycles. The number of hydrogen-bond acceptors (Lipinski definition) is 3. The molecule has 1 aliphatic rings. The number of nitrogens with zero attached hydrogens (tertiary/aromatic N) is 1. The summed E-state index contributed by atoms with van der Waals surface area (Å²) < 4.78 is 14.2. The molecule has 3 N–H and O–H groups in total. The Morgan fingerprint density at radius 3 is 2.41 bits per heavy atom. The maximum atomic E-state index is 14.2. The molecule has 6 nitrogen and oxygen atoms in total. The number of nitrogens with one attached hydrogen (secondary N) is 3. The summed E-state index contributed by atoms with van der Waals surface area (Å²) in [5.74, 6) is -1.36. The molecule has 0 spiro atoms. The van der Waals surface area contributed by atoms with Crippen LogP contribution in [0.3, 0.4) is 0 Å². The maximum absolute atomic E-state index is 14.2. The molecule has 3 rings (SSSR count). The molecule has 1 saturated heterocycles. The van der Waals surface area contributed by atoms with Crippen LogP contribution in [0.2, 0.25) is 5.02 Å². The second-order valence-corrected chi connectivity index (χ2v) is 8.87. The Bertz CT molecular complexity index is 1070. The van der Waals surface area contributed by atoms with Gasteiger partial charge in [0.25, 0.3) is 5.91 Å². The van der Waals surface area contributed by atoms with Crippen molar-refractivity contribution in [1.29, 1.82) is 0 Å². The highest BCUT2D eigenvalue weighted by molar-refractivity contribution is 7.80. The molecule has 2 aromatic carbocycles. The maximum Gasteiger partial charge on any atom is 0.253 e. The van der Waals surface area contributed by atoms with Crippen molar-refractivity contribution in [3.05, 3.63) is 63.9 Å². The first-order valence-electron chi connectivity index (χ1n) is 10.2. The van der Waals surface area contributed by atoms with Crippen LogP contribution in [0, 0.1) is 5.82 Å². The normalized spacial score (nSPS) is 14.5. The molecular formula is C23H26ClFN4O2S. The highest BCUT2D eigenvalue weighted by Crippen LogP contribution is 2.40. The Morgan fingerprint density at radius 1 is 1.16 bits per heavy atom. The number of anilines is 1. The summed E-state index contributed by atoms with van der Waals surface area (Å²) in [6.07, 6.45) is 0. The minimum absolute atomic E-state index is 0.0623. The van der Waals surface area contributed by atoms with Crippen molar-refractivity contribution in [2.75, 3.05) is 32.5 Å².